The summed E-state index contributed by atoms with van der Waals surface area (Å²) in [7, 11) is 0. The topological polar surface area (TPSA) is 76.3 Å². The highest BCUT2D eigenvalue weighted by Crippen LogP contribution is 2.07. The van der Waals surface area contributed by atoms with E-state index in [1.54, 1.807) is 12.1 Å². The van der Waals surface area contributed by atoms with Crippen molar-refractivity contribution in [3.8, 4) is 0 Å². The van der Waals surface area contributed by atoms with Gasteiger partial charge in [-0.3, -0.25) is 23.7 Å². The minimum Gasteiger partial charge on any atom is -0.339 e. The van der Waals surface area contributed by atoms with Gasteiger partial charge in [0.15, 0.2) is 0 Å². The van der Waals surface area contributed by atoms with Crippen molar-refractivity contribution in [2.45, 2.75) is 26.9 Å². The monoisotopic (exact) mass is 394 g/mol. The van der Waals surface area contributed by atoms with Gasteiger partial charge < -0.3 is 4.90 Å². The van der Waals surface area contributed by atoms with Crippen LogP contribution in [0.15, 0.2) is 41.5 Å². The third kappa shape index (κ3) is 4.22. The summed E-state index contributed by atoms with van der Waals surface area (Å²) >= 11 is 0. The Morgan fingerprint density at radius 3 is 2.55 bits per heavy atom. The number of nitrogens with zero attached hydrogens (tertiary/aromatic N) is 6. The molecule has 0 radical (unpaired) electrons. The van der Waals surface area contributed by atoms with Gasteiger partial charge in [-0.15, -0.1) is 0 Å². The van der Waals surface area contributed by atoms with E-state index in [1.807, 2.05) is 28.6 Å². The lowest BCUT2D eigenvalue weighted by atomic mass is 10.2. The molecule has 0 saturated carbocycles. The van der Waals surface area contributed by atoms with E-state index in [-0.39, 0.29) is 18.0 Å². The van der Waals surface area contributed by atoms with Gasteiger partial charge in [0.2, 0.25) is 5.91 Å². The Bertz CT molecular complexity index is 1080. The first kappa shape index (κ1) is 19.3. The Kier molecular flexibility index (Phi) is 5.44. The second-order valence-electron chi connectivity index (χ2n) is 7.57. The summed E-state index contributed by atoms with van der Waals surface area (Å²) in [6.07, 6.45) is 1.47. The molecule has 0 bridgehead atoms. The molecule has 29 heavy (non-hydrogen) atoms. The maximum absolute atomic E-state index is 12.7. The normalized spacial score (nSPS) is 15.2. The van der Waals surface area contributed by atoms with Gasteiger partial charge in [-0.1, -0.05) is 12.1 Å². The smallest absolute Gasteiger partial charge is 0.261 e. The van der Waals surface area contributed by atoms with Crippen molar-refractivity contribution in [2.24, 2.45) is 0 Å². The van der Waals surface area contributed by atoms with Crippen LogP contribution in [0.3, 0.4) is 0 Å². The van der Waals surface area contributed by atoms with Gasteiger partial charge in [0, 0.05) is 38.4 Å². The molecule has 4 rings (SSSR count). The molecular weight excluding hydrogens is 368 g/mol. The van der Waals surface area contributed by atoms with Crippen LogP contribution in [0.25, 0.3) is 10.9 Å². The van der Waals surface area contributed by atoms with Crippen LogP contribution in [0.5, 0.6) is 0 Å². The van der Waals surface area contributed by atoms with Crippen LogP contribution in [0.2, 0.25) is 0 Å². The van der Waals surface area contributed by atoms with Gasteiger partial charge in [-0.05, 0) is 32.0 Å². The maximum atomic E-state index is 12.7. The summed E-state index contributed by atoms with van der Waals surface area (Å²) in [6.45, 7) is 8.87. The Morgan fingerprint density at radius 2 is 1.83 bits per heavy atom. The fourth-order valence-corrected chi connectivity index (χ4v) is 3.82. The third-order valence-electron chi connectivity index (χ3n) is 5.49. The van der Waals surface area contributed by atoms with E-state index in [4.69, 9.17) is 0 Å². The van der Waals surface area contributed by atoms with Gasteiger partial charge in [0.25, 0.3) is 5.56 Å². The molecule has 8 nitrogen and oxygen atoms in total. The Morgan fingerprint density at radius 1 is 1.07 bits per heavy atom. The van der Waals surface area contributed by atoms with Gasteiger partial charge >= 0.3 is 0 Å². The fraction of sp³-hybridized carbons (Fsp3) is 0.429. The van der Waals surface area contributed by atoms with Crippen LogP contribution in [0.4, 0.5) is 0 Å². The number of fused-ring (bicyclic) bond motifs is 1. The lowest BCUT2D eigenvalue weighted by Gasteiger charge is -2.34. The minimum absolute atomic E-state index is 0.0302. The number of rotatable bonds is 5. The highest BCUT2D eigenvalue weighted by Gasteiger charge is 2.21. The van der Waals surface area contributed by atoms with Crippen LogP contribution >= 0.6 is 0 Å². The zero-order valence-corrected chi connectivity index (χ0v) is 16.9. The van der Waals surface area contributed by atoms with Gasteiger partial charge in [0.05, 0.1) is 29.5 Å². The number of hydrogen-bond acceptors (Lipinski definition) is 5. The fourth-order valence-electron chi connectivity index (χ4n) is 3.82. The second-order valence-corrected chi connectivity index (χ2v) is 7.57. The van der Waals surface area contributed by atoms with Crippen LogP contribution < -0.4 is 5.56 Å². The van der Waals surface area contributed by atoms with Crippen LogP contribution in [0.1, 0.15) is 11.4 Å². The Balaban J connectivity index is 1.32. The molecule has 0 unspecified atom stereocenters. The van der Waals surface area contributed by atoms with Crippen LogP contribution in [-0.2, 0) is 17.9 Å². The van der Waals surface area contributed by atoms with Crippen molar-refractivity contribution in [2.75, 3.05) is 32.7 Å². The van der Waals surface area contributed by atoms with Gasteiger partial charge in [-0.25, -0.2) is 4.98 Å². The summed E-state index contributed by atoms with van der Waals surface area (Å²) in [5.74, 6) is -0.0395. The first-order chi connectivity index (χ1) is 14.0. The molecule has 1 aliphatic rings. The summed E-state index contributed by atoms with van der Waals surface area (Å²) in [5.41, 5.74) is 2.69. The molecule has 1 fully saturated rings. The quantitative estimate of drug-likeness (QED) is 0.647. The molecule has 0 aliphatic carbocycles. The number of benzene rings is 1. The van der Waals surface area contributed by atoms with E-state index in [0.717, 1.165) is 31.9 Å². The van der Waals surface area contributed by atoms with Crippen molar-refractivity contribution >= 4 is 16.8 Å². The number of carbonyl (C=O) groups is 1. The molecule has 0 N–H and O–H groups in total. The standard InChI is InChI=1S/C21H26N6O2/c1-16-13-17(2)27(23-16)12-9-24-7-10-25(11-8-24)20(28)14-26-15-22-19-6-4-3-5-18(19)21(26)29/h3-6,13,15H,7-12,14H2,1-2H3. The zero-order valence-electron chi connectivity index (χ0n) is 16.9. The molecule has 0 spiro atoms. The molecule has 152 valence electrons. The van der Waals surface area contributed by atoms with Crippen LogP contribution in [-0.4, -0.2) is 67.8 Å². The third-order valence-corrected chi connectivity index (χ3v) is 5.49. The SMILES string of the molecule is Cc1cc(C)n(CCN2CCN(C(=O)Cn3cnc4ccccc4c3=O)CC2)n1. The van der Waals surface area contributed by atoms with E-state index in [0.29, 0.717) is 24.0 Å². The first-order valence-corrected chi connectivity index (χ1v) is 9.96. The van der Waals surface area contributed by atoms with Crippen molar-refractivity contribution in [3.63, 3.8) is 0 Å². The predicted octanol–water partition coefficient (Wildman–Crippen LogP) is 1.05. The minimum atomic E-state index is -0.174. The van der Waals surface area contributed by atoms with Crippen LogP contribution in [0, 0.1) is 13.8 Å². The van der Waals surface area contributed by atoms with E-state index in [1.165, 1.54) is 16.6 Å². The number of carbonyl (C=O) groups excluding carboxylic acids is 1. The number of piperazine rings is 1. The number of para-hydroxylation sites is 1. The van der Waals surface area contributed by atoms with Crippen molar-refractivity contribution in [3.05, 3.63) is 58.4 Å². The highest BCUT2D eigenvalue weighted by atomic mass is 16.2. The van der Waals surface area contributed by atoms with Gasteiger partial charge in [0.1, 0.15) is 6.54 Å². The van der Waals surface area contributed by atoms with E-state index < -0.39 is 0 Å². The molecule has 3 heterocycles. The van der Waals surface area contributed by atoms with Crippen molar-refractivity contribution < 1.29 is 4.79 Å². The first-order valence-electron chi connectivity index (χ1n) is 9.96. The molecule has 2 aromatic heterocycles. The lowest BCUT2D eigenvalue weighted by Crippen LogP contribution is -2.50. The largest absolute Gasteiger partial charge is 0.339 e. The number of hydrogen-bond donors (Lipinski definition) is 0. The molecule has 1 saturated heterocycles. The molecular formula is C21H26N6O2. The molecule has 1 aliphatic heterocycles. The Hall–Kier alpha value is -3.00. The average molecular weight is 394 g/mol. The van der Waals surface area contributed by atoms with E-state index >= 15 is 0 Å². The Labute approximate surface area is 169 Å². The highest BCUT2D eigenvalue weighted by molar-refractivity contribution is 5.79. The number of aromatic nitrogens is 4. The summed E-state index contributed by atoms with van der Waals surface area (Å²) in [4.78, 5) is 33.8. The van der Waals surface area contributed by atoms with Crippen molar-refractivity contribution in [1.82, 2.24) is 29.1 Å². The molecule has 0 atom stereocenters. The predicted molar refractivity (Wildman–Crippen MR) is 111 cm³/mol. The van der Waals surface area contributed by atoms with E-state index in [9.17, 15) is 9.59 Å². The van der Waals surface area contributed by atoms with E-state index in [2.05, 4.69) is 28.0 Å². The number of amides is 1. The lowest BCUT2D eigenvalue weighted by molar-refractivity contribution is -0.133. The summed E-state index contributed by atoms with van der Waals surface area (Å²) in [5, 5.41) is 5.04. The molecule has 1 amide bonds. The zero-order chi connectivity index (χ0) is 20.4. The van der Waals surface area contributed by atoms with Crippen molar-refractivity contribution in [1.29, 1.82) is 0 Å². The maximum Gasteiger partial charge on any atom is 0.261 e. The molecule has 3 aromatic rings. The summed E-state index contributed by atoms with van der Waals surface area (Å²) in [6, 6.07) is 9.28. The molecule has 1 aromatic carbocycles. The number of aryl methyl sites for hydroxylation is 2. The second kappa shape index (κ2) is 8.16. The average Bonchev–Trinajstić information content (AvgIpc) is 3.06. The summed E-state index contributed by atoms with van der Waals surface area (Å²) < 4.78 is 3.44. The van der Waals surface area contributed by atoms with Gasteiger partial charge in [-0.2, -0.15) is 5.10 Å². The molecule has 8 heteroatoms.